The number of nitrogens with two attached hydrogens (primary N) is 7. The van der Waals surface area contributed by atoms with Crippen LogP contribution in [0.15, 0.2) is 76.8 Å². The SMILES string of the molecule is CCCCCCCCCCCCCCCC(=O)N[C@@H](Cc1cnc[nH]1)C(=O)C[C@@H](C)C(=O)N[C@H](C(=O)C[C@@H](Cc1cnc[nH]1)C(=O)N[C@@H](C)C(C)=O)C(C)C.CC[C@@H](Cc1ccc(O)cc1)C(=O)N[C@@H](CCCN=C(N)N)C(=O)C[C@@H](Cc1cnc[nH]1)C(=O)N[C@@H](CCCN=C(N)N)C(=O)C[C@@H](CCCN=C(N)N)C(=O)N[C@@H](CC(C)C)C(=O)C[C@@H](CC(C)C)C(=O)N[C@@H](CO)C(=O)C[C@@H](C)C(N)=O. The van der Waals surface area contributed by atoms with Crippen LogP contribution in [-0.4, -0.2) is 214 Å². The van der Waals surface area contributed by atoms with Crippen LogP contribution < -0.4 is 77.4 Å². The van der Waals surface area contributed by atoms with E-state index in [9.17, 15) is 82.1 Å². The molecule has 14 atom stereocenters. The van der Waals surface area contributed by atoms with Gasteiger partial charge in [-0.1, -0.05) is 158 Å². The maximum Gasteiger partial charge on any atom is 0.224 e. The van der Waals surface area contributed by atoms with Crippen LogP contribution in [0, 0.1) is 59.2 Å². The van der Waals surface area contributed by atoms with Gasteiger partial charge in [-0.2, -0.15) is 0 Å². The molecule has 4 rings (SSSR count). The highest BCUT2D eigenvalue weighted by Crippen LogP contribution is 2.27. The average molecular weight is 1950 g/mol. The first-order valence-corrected chi connectivity index (χ1v) is 49.5. The van der Waals surface area contributed by atoms with Gasteiger partial charge in [-0.05, 0) is 120 Å². The predicted octanol–water partition coefficient (Wildman–Crippen LogP) is 6.21. The molecular weight excluding hydrogens is 1780 g/mol. The van der Waals surface area contributed by atoms with Gasteiger partial charge < -0.3 is 103 Å². The van der Waals surface area contributed by atoms with Gasteiger partial charge >= 0.3 is 0 Å². The maximum absolute atomic E-state index is 14.8. The Bertz CT molecular complexity index is 4490. The molecule has 0 saturated heterocycles. The summed E-state index contributed by atoms with van der Waals surface area (Å²) in [5, 5.41) is 39.4. The maximum atomic E-state index is 14.8. The first kappa shape index (κ1) is 121. The number of nitrogens with one attached hydrogen (secondary N) is 10. The largest absolute Gasteiger partial charge is 0.508 e. The number of rotatable bonds is 74. The Morgan fingerprint density at radius 3 is 1.21 bits per heavy atom. The molecule has 0 aliphatic carbocycles. The quantitative estimate of drug-likeness (QED) is 0.0133. The molecule has 139 heavy (non-hydrogen) atoms. The highest BCUT2D eigenvalue weighted by Gasteiger charge is 2.39. The summed E-state index contributed by atoms with van der Waals surface area (Å²) in [6.45, 7) is 20.6. The number of aromatic amines is 3. The summed E-state index contributed by atoms with van der Waals surface area (Å²) in [7, 11) is 0. The first-order valence-electron chi connectivity index (χ1n) is 49.5. The first-order chi connectivity index (χ1) is 65.9. The molecule has 776 valence electrons. The van der Waals surface area contributed by atoms with Gasteiger partial charge in [0.05, 0.1) is 73.7 Å². The van der Waals surface area contributed by atoms with Crippen molar-refractivity contribution in [3.63, 3.8) is 0 Å². The summed E-state index contributed by atoms with van der Waals surface area (Å²) in [6, 6.07) is -0.892. The van der Waals surface area contributed by atoms with Crippen molar-refractivity contribution in [2.45, 2.75) is 337 Å². The summed E-state index contributed by atoms with van der Waals surface area (Å²) in [6.07, 6.45) is 25.5. The Kier molecular flexibility index (Phi) is 58.5. The monoisotopic (exact) mass is 1950 g/mol. The molecule has 3 heterocycles. The average Bonchev–Trinajstić information content (AvgIpc) is 1.71. The van der Waals surface area contributed by atoms with E-state index in [1.807, 2.05) is 34.6 Å². The normalized spacial score (nSPS) is 14.3. The van der Waals surface area contributed by atoms with E-state index in [4.69, 9.17) is 40.1 Å². The number of phenols is 1. The van der Waals surface area contributed by atoms with E-state index in [1.165, 1.54) is 115 Å². The van der Waals surface area contributed by atoms with Crippen LogP contribution in [0.5, 0.6) is 5.75 Å². The number of aromatic hydroxyl groups is 1. The lowest BCUT2D eigenvalue weighted by Crippen LogP contribution is -2.49. The number of H-pyrrole nitrogens is 3. The summed E-state index contributed by atoms with van der Waals surface area (Å²) >= 11 is 0. The minimum Gasteiger partial charge on any atom is -0.508 e. The second-order valence-electron chi connectivity index (χ2n) is 38.1. The van der Waals surface area contributed by atoms with Gasteiger partial charge in [0.2, 0.25) is 47.3 Å². The van der Waals surface area contributed by atoms with E-state index in [-0.39, 0.29) is 181 Å². The van der Waals surface area contributed by atoms with Crippen molar-refractivity contribution in [3.8, 4) is 5.75 Å². The number of phenolic OH excluding ortho intramolecular Hbond substituents is 1. The third kappa shape index (κ3) is 50.9. The summed E-state index contributed by atoms with van der Waals surface area (Å²) < 4.78 is 0. The van der Waals surface area contributed by atoms with Gasteiger partial charge in [0.1, 0.15) is 11.8 Å². The van der Waals surface area contributed by atoms with Crippen LogP contribution in [0.2, 0.25) is 0 Å². The molecule has 4 aromatic rings. The van der Waals surface area contributed by atoms with E-state index in [0.717, 1.165) is 24.8 Å². The lowest BCUT2D eigenvalue weighted by Gasteiger charge is -2.27. The smallest absolute Gasteiger partial charge is 0.224 e. The number of aliphatic hydroxyl groups is 1. The molecule has 0 bridgehead atoms. The van der Waals surface area contributed by atoms with Crippen molar-refractivity contribution in [2.24, 2.45) is 114 Å². The number of carbonyl (C=O) groups excluding carboxylic acids is 15. The Morgan fingerprint density at radius 2 is 0.770 bits per heavy atom. The van der Waals surface area contributed by atoms with Crippen molar-refractivity contribution in [3.05, 3.63) is 84.5 Å². The van der Waals surface area contributed by atoms with E-state index in [1.54, 1.807) is 52.2 Å². The number of amides is 8. The highest BCUT2D eigenvalue weighted by atomic mass is 16.3. The molecule has 40 nitrogen and oxygen atoms in total. The standard InChI is InChI=1S/C57H94N16O11.C42H69N7O6/c1-7-36(24-35-14-16-41(75)17-15-35)51(81)70-43(13-10-20-68-57(63)64)48(78)28-39(25-40-29-65-31-69-40)54(84)71-42(12-9-19-67-56(61)62)47(77)26-37(11-8-18-66-55(59)60)52(82)72-44(22-33(4)5)49(79)27-38(21-32(2)3)53(83)73-45(30-74)46(76)23-34(6)50(58)80;1-7-8-9-10-11-12-13-14-15-16-17-18-19-20-39(53)48-36(24-35-26-44-28-46-35)37(51)21-30(4)41(54)49-40(29(2)3)38(52)23-33(22-34-25-43-27-45-34)42(55)47-31(5)32(6)50/h14-17,29,31-34,36-39,42-45,74-75H,7-13,18-28,30H2,1-6H3,(H2,58,80)(H,65,69)(H,70,81)(H,71,84)(H,72,82)(H,73,83)(H4,59,60,66)(H4,61,62,67)(H4,63,64,68);25-31,33,36,40H,7-24H2,1-6H3,(H,43,45)(H,44,46)(H,47,55)(H,48,53)(H,49,54)/t34-,36+,37-,38-,39-,42+,43+,44+,45+;30-,31+,33-,36+,40+/m11/s1. The second kappa shape index (κ2) is 67.2. The number of nitrogens with zero attached hydrogens (tertiary/aromatic N) is 6. The van der Waals surface area contributed by atoms with Gasteiger partial charge in [0, 0.05) is 149 Å². The molecule has 0 spiro atoms. The molecule has 40 heteroatoms. The molecule has 0 aliphatic heterocycles. The number of aromatic nitrogens is 6. The number of guanidine groups is 3. The molecule has 26 N–H and O–H groups in total. The fourth-order valence-electron chi connectivity index (χ4n) is 16.0. The third-order valence-corrected chi connectivity index (χ3v) is 24.4. The molecule has 8 amide bonds. The number of primary amides is 1. The molecule has 1 aromatic carbocycles. The molecule has 0 unspecified atom stereocenters. The summed E-state index contributed by atoms with van der Waals surface area (Å²) in [4.78, 5) is 237. The van der Waals surface area contributed by atoms with Gasteiger partial charge in [-0.15, -0.1) is 0 Å². The number of hydrogen-bond acceptors (Lipinski definition) is 23. The lowest BCUT2D eigenvalue weighted by atomic mass is 9.86. The van der Waals surface area contributed by atoms with Crippen LogP contribution >= 0.6 is 0 Å². The summed E-state index contributed by atoms with van der Waals surface area (Å²) in [5.41, 5.74) is 41.5. The van der Waals surface area contributed by atoms with Crippen molar-refractivity contribution in [1.29, 1.82) is 0 Å². The molecule has 0 saturated carbocycles. The Morgan fingerprint density at radius 1 is 0.381 bits per heavy atom. The number of benzene rings is 1. The van der Waals surface area contributed by atoms with Crippen LogP contribution in [0.1, 0.15) is 292 Å². The van der Waals surface area contributed by atoms with Gasteiger partial charge in [-0.25, -0.2) is 15.0 Å². The van der Waals surface area contributed by atoms with Crippen molar-refractivity contribution >= 4 is 106 Å². The van der Waals surface area contributed by atoms with Crippen molar-refractivity contribution < 1.29 is 82.1 Å². The number of aliphatic imine (C=N–C) groups is 3. The fourth-order valence-corrected chi connectivity index (χ4v) is 16.0. The van der Waals surface area contributed by atoms with Crippen LogP contribution in [-0.2, 0) is 97.6 Å². The Balaban J connectivity index is 0.000000780. The van der Waals surface area contributed by atoms with E-state index >= 15 is 0 Å². The van der Waals surface area contributed by atoms with Crippen LogP contribution in [0.3, 0.4) is 0 Å². The van der Waals surface area contributed by atoms with Gasteiger partial charge in [0.15, 0.2) is 58.4 Å². The minimum absolute atomic E-state index is 0.0159. The Hall–Kier alpha value is -12.1. The zero-order chi connectivity index (χ0) is 104. The molecule has 3 aromatic heterocycles. The number of carbonyl (C=O) groups is 15. The molecule has 0 fully saturated rings. The topological polar surface area (TPSA) is 686 Å². The number of imidazole rings is 3. The molecule has 0 radical (unpaired) electrons. The minimum atomic E-state index is -1.37. The second-order valence-corrected chi connectivity index (χ2v) is 38.1. The zero-order valence-electron chi connectivity index (χ0n) is 84.0. The van der Waals surface area contributed by atoms with E-state index < -0.39 is 168 Å². The number of hydrogen-bond donors (Lipinski definition) is 19. The summed E-state index contributed by atoms with van der Waals surface area (Å²) in [5.74, 6) is -14.7. The van der Waals surface area contributed by atoms with E-state index in [0.29, 0.717) is 36.3 Å². The van der Waals surface area contributed by atoms with Crippen LogP contribution in [0.4, 0.5) is 0 Å². The zero-order valence-corrected chi connectivity index (χ0v) is 84.0. The predicted molar refractivity (Wildman–Crippen MR) is 532 cm³/mol. The van der Waals surface area contributed by atoms with Gasteiger partial charge in [0.25, 0.3) is 0 Å². The molecule has 0 aliphatic rings. The third-order valence-electron chi connectivity index (χ3n) is 24.4. The number of unbranched alkanes of at least 4 members (excludes halogenated alkanes) is 12. The van der Waals surface area contributed by atoms with Gasteiger partial charge in [-0.3, -0.25) is 86.9 Å². The van der Waals surface area contributed by atoms with Crippen LogP contribution in [0.25, 0.3) is 0 Å². The van der Waals surface area contributed by atoms with Crippen molar-refractivity contribution in [2.75, 3.05) is 26.2 Å². The lowest BCUT2D eigenvalue weighted by molar-refractivity contribution is -0.136. The number of aliphatic hydroxyl groups excluding tert-OH is 1. The number of ketones is 7. The van der Waals surface area contributed by atoms with E-state index in [2.05, 4.69) is 89.0 Å². The Labute approximate surface area is 818 Å². The molecular formula is C99H163N23O17. The fraction of sp³-hybridized carbons (Fsp3) is 0.667. The van der Waals surface area contributed by atoms with Crippen molar-refractivity contribution in [1.82, 2.24) is 67.1 Å². The number of Topliss-reactive ketones (excluding diaryl/α,β-unsaturated/α-hetero) is 7. The highest BCUT2D eigenvalue weighted by molar-refractivity contribution is 6.00.